The van der Waals surface area contributed by atoms with Crippen LogP contribution in [0.15, 0.2) is 59.6 Å². The molecule has 18 heavy (non-hydrogen) atoms. The maximum Gasteiger partial charge on any atom is 0.294 e. The van der Waals surface area contributed by atoms with Gasteiger partial charge in [0, 0.05) is 11.1 Å². The van der Waals surface area contributed by atoms with Crippen molar-refractivity contribution in [2.24, 2.45) is 4.99 Å². The summed E-state index contributed by atoms with van der Waals surface area (Å²) in [5.74, 6) is 0. The summed E-state index contributed by atoms with van der Waals surface area (Å²) in [6, 6.07) is 17.3. The second kappa shape index (κ2) is 4.11. The quantitative estimate of drug-likeness (QED) is 0.770. The SMILES string of the molecule is O=COC1(c2ccccc2)C=Nc2ccccc21. The Kier molecular flexibility index (Phi) is 2.45. The van der Waals surface area contributed by atoms with Gasteiger partial charge in [-0.25, -0.2) is 0 Å². The molecule has 1 unspecified atom stereocenters. The van der Waals surface area contributed by atoms with Crippen LogP contribution in [0.2, 0.25) is 0 Å². The van der Waals surface area contributed by atoms with Crippen LogP contribution in [0.5, 0.6) is 0 Å². The minimum absolute atomic E-state index is 0.473. The molecule has 0 saturated heterocycles. The summed E-state index contributed by atoms with van der Waals surface area (Å²) in [5, 5.41) is 0. The van der Waals surface area contributed by atoms with E-state index in [9.17, 15) is 4.79 Å². The molecule has 0 aliphatic carbocycles. The lowest BCUT2D eigenvalue weighted by molar-refractivity contribution is -0.135. The van der Waals surface area contributed by atoms with Crippen LogP contribution in [-0.2, 0) is 15.1 Å². The molecule has 0 bridgehead atoms. The standard InChI is InChI=1S/C15H11NO2/c17-11-18-15(12-6-2-1-3-7-12)10-16-14-9-5-4-8-13(14)15/h1-11H. The molecule has 3 nitrogen and oxygen atoms in total. The molecule has 0 aromatic heterocycles. The van der Waals surface area contributed by atoms with Crippen LogP contribution in [0.25, 0.3) is 0 Å². The summed E-state index contributed by atoms with van der Waals surface area (Å²) in [7, 11) is 0. The third-order valence-corrected chi connectivity index (χ3v) is 3.13. The Labute approximate surface area is 105 Å². The van der Waals surface area contributed by atoms with Gasteiger partial charge < -0.3 is 4.74 Å². The van der Waals surface area contributed by atoms with Crippen molar-refractivity contribution in [3.63, 3.8) is 0 Å². The molecule has 3 heteroatoms. The first-order valence-electron chi connectivity index (χ1n) is 5.68. The number of hydrogen-bond acceptors (Lipinski definition) is 3. The van der Waals surface area contributed by atoms with E-state index in [-0.39, 0.29) is 0 Å². The Morgan fingerprint density at radius 3 is 2.50 bits per heavy atom. The zero-order valence-corrected chi connectivity index (χ0v) is 9.61. The highest BCUT2D eigenvalue weighted by Gasteiger charge is 2.40. The van der Waals surface area contributed by atoms with Crippen molar-refractivity contribution < 1.29 is 9.53 Å². The molecule has 1 atom stereocenters. The van der Waals surface area contributed by atoms with Gasteiger partial charge in [-0.1, -0.05) is 48.5 Å². The van der Waals surface area contributed by atoms with Gasteiger partial charge in [0.1, 0.15) is 0 Å². The minimum Gasteiger partial charge on any atom is -0.445 e. The zero-order chi connectivity index (χ0) is 12.4. The van der Waals surface area contributed by atoms with Crippen LogP contribution in [0.3, 0.4) is 0 Å². The van der Waals surface area contributed by atoms with Crippen LogP contribution in [-0.4, -0.2) is 12.7 Å². The normalized spacial score (nSPS) is 20.4. The molecule has 0 radical (unpaired) electrons. The van der Waals surface area contributed by atoms with E-state index in [1.807, 2.05) is 54.6 Å². The second-order valence-electron chi connectivity index (χ2n) is 4.09. The topological polar surface area (TPSA) is 38.7 Å². The summed E-state index contributed by atoms with van der Waals surface area (Å²) in [5.41, 5.74) is 1.73. The third kappa shape index (κ3) is 1.44. The molecule has 1 aliphatic rings. The van der Waals surface area contributed by atoms with Crippen LogP contribution in [0, 0.1) is 0 Å². The summed E-state index contributed by atoms with van der Waals surface area (Å²) < 4.78 is 5.37. The fourth-order valence-corrected chi connectivity index (χ4v) is 2.28. The van der Waals surface area contributed by atoms with Crippen LogP contribution in [0.4, 0.5) is 5.69 Å². The molecule has 0 amide bonds. The number of benzene rings is 2. The molecule has 3 rings (SSSR count). The largest absolute Gasteiger partial charge is 0.445 e. The molecule has 0 fully saturated rings. The number of hydrogen-bond donors (Lipinski definition) is 0. The van der Waals surface area contributed by atoms with E-state index in [0.717, 1.165) is 16.8 Å². The summed E-state index contributed by atoms with van der Waals surface area (Å²) in [6.07, 6.45) is 1.68. The molecule has 1 heterocycles. The predicted molar refractivity (Wildman–Crippen MR) is 69.0 cm³/mol. The lowest BCUT2D eigenvalue weighted by atomic mass is 9.88. The van der Waals surface area contributed by atoms with Crippen molar-refractivity contribution >= 4 is 18.4 Å². The number of aliphatic imine (C=N–C) groups is 1. The van der Waals surface area contributed by atoms with E-state index in [1.165, 1.54) is 0 Å². The van der Waals surface area contributed by atoms with Gasteiger partial charge >= 0.3 is 0 Å². The van der Waals surface area contributed by atoms with E-state index in [2.05, 4.69) is 4.99 Å². The van der Waals surface area contributed by atoms with E-state index in [0.29, 0.717) is 6.47 Å². The number of nitrogens with zero attached hydrogens (tertiary/aromatic N) is 1. The smallest absolute Gasteiger partial charge is 0.294 e. The summed E-state index contributed by atoms with van der Waals surface area (Å²) in [4.78, 5) is 15.2. The summed E-state index contributed by atoms with van der Waals surface area (Å²) in [6.45, 7) is 0.473. The Bertz CT molecular complexity index is 607. The van der Waals surface area contributed by atoms with Gasteiger partial charge in [0.2, 0.25) is 0 Å². The fourth-order valence-electron chi connectivity index (χ4n) is 2.28. The van der Waals surface area contributed by atoms with Gasteiger partial charge in [0.25, 0.3) is 6.47 Å². The first-order valence-corrected chi connectivity index (χ1v) is 5.68. The van der Waals surface area contributed by atoms with E-state index in [1.54, 1.807) is 6.21 Å². The Morgan fingerprint density at radius 2 is 1.72 bits per heavy atom. The molecule has 0 N–H and O–H groups in total. The first kappa shape index (κ1) is 10.7. The minimum atomic E-state index is -0.889. The zero-order valence-electron chi connectivity index (χ0n) is 9.61. The average Bonchev–Trinajstić information content (AvgIpc) is 2.81. The molecular formula is C15H11NO2. The van der Waals surface area contributed by atoms with Crippen LogP contribution in [0.1, 0.15) is 11.1 Å². The number of rotatable bonds is 3. The van der Waals surface area contributed by atoms with Crippen molar-refractivity contribution in [2.45, 2.75) is 5.60 Å². The first-order chi connectivity index (χ1) is 8.87. The van der Waals surface area contributed by atoms with Crippen molar-refractivity contribution in [1.29, 1.82) is 0 Å². The molecular weight excluding hydrogens is 226 g/mol. The molecule has 0 spiro atoms. The lowest BCUT2D eigenvalue weighted by Gasteiger charge is -2.26. The van der Waals surface area contributed by atoms with Gasteiger partial charge in [0.15, 0.2) is 5.60 Å². The van der Waals surface area contributed by atoms with E-state index in [4.69, 9.17) is 4.74 Å². The number of carbonyl (C=O) groups is 1. The molecule has 0 saturated carbocycles. The number of fused-ring (bicyclic) bond motifs is 1. The van der Waals surface area contributed by atoms with Crippen molar-refractivity contribution in [3.8, 4) is 0 Å². The monoisotopic (exact) mass is 237 g/mol. The third-order valence-electron chi connectivity index (χ3n) is 3.13. The van der Waals surface area contributed by atoms with Gasteiger partial charge in [-0.3, -0.25) is 9.79 Å². The summed E-state index contributed by atoms with van der Waals surface area (Å²) >= 11 is 0. The lowest BCUT2D eigenvalue weighted by Crippen LogP contribution is -2.30. The second-order valence-corrected chi connectivity index (χ2v) is 4.09. The fraction of sp³-hybridized carbons (Fsp3) is 0.0667. The number of carbonyl (C=O) groups excluding carboxylic acids is 1. The predicted octanol–water partition coefficient (Wildman–Crippen LogP) is 2.82. The van der Waals surface area contributed by atoms with Gasteiger partial charge in [-0.2, -0.15) is 0 Å². The van der Waals surface area contributed by atoms with Gasteiger partial charge in [0.05, 0.1) is 11.9 Å². The van der Waals surface area contributed by atoms with Crippen LogP contribution < -0.4 is 0 Å². The van der Waals surface area contributed by atoms with E-state index >= 15 is 0 Å². The van der Waals surface area contributed by atoms with Gasteiger partial charge in [-0.15, -0.1) is 0 Å². The Morgan fingerprint density at radius 1 is 1.00 bits per heavy atom. The highest BCUT2D eigenvalue weighted by molar-refractivity contribution is 5.88. The van der Waals surface area contributed by atoms with Crippen molar-refractivity contribution in [3.05, 3.63) is 65.7 Å². The molecule has 2 aromatic rings. The molecule has 1 aliphatic heterocycles. The maximum atomic E-state index is 10.9. The highest BCUT2D eigenvalue weighted by atomic mass is 16.5. The Balaban J connectivity index is 2.22. The average molecular weight is 237 g/mol. The van der Waals surface area contributed by atoms with Crippen molar-refractivity contribution in [2.75, 3.05) is 0 Å². The van der Waals surface area contributed by atoms with Crippen molar-refractivity contribution in [1.82, 2.24) is 0 Å². The highest BCUT2D eigenvalue weighted by Crippen LogP contribution is 2.41. The maximum absolute atomic E-state index is 10.9. The van der Waals surface area contributed by atoms with Crippen LogP contribution >= 0.6 is 0 Å². The number of para-hydroxylation sites is 1. The molecule has 88 valence electrons. The Hall–Kier alpha value is -2.42. The van der Waals surface area contributed by atoms with E-state index < -0.39 is 5.60 Å². The van der Waals surface area contributed by atoms with Gasteiger partial charge in [-0.05, 0) is 6.07 Å². The number of ether oxygens (including phenoxy) is 1. The molecule has 2 aromatic carbocycles.